The first kappa shape index (κ1) is 77.1. The summed E-state index contributed by atoms with van der Waals surface area (Å²) >= 11 is 0. The molecule has 85 heavy (non-hydrogen) atoms. The molecule has 1 rings (SSSR count). The number of hydrogen-bond acceptors (Lipinski definition) is 12. The summed E-state index contributed by atoms with van der Waals surface area (Å²) in [5, 5.41) is 23.1. The van der Waals surface area contributed by atoms with Crippen molar-refractivity contribution >= 4 is 65.0 Å². The van der Waals surface area contributed by atoms with Crippen LogP contribution >= 0.6 is 0 Å². The van der Waals surface area contributed by atoms with Gasteiger partial charge in [-0.25, -0.2) is 0 Å². The molecule has 0 bridgehead atoms. The largest absolute Gasteiger partial charge is 0.390 e. The maximum Gasteiger partial charge on any atom is 0.246 e. The number of carbonyl (C=O) groups excluding carboxylic acids is 11. The van der Waals surface area contributed by atoms with Crippen molar-refractivity contribution in [2.75, 3.05) is 55.9 Å². The molecule has 1 aliphatic heterocycles. The van der Waals surface area contributed by atoms with E-state index in [1.54, 1.807) is 41.5 Å². The number of likely N-dealkylation sites (N-methyl/N-ethyl adjacent to an activating group) is 7. The molecule has 1 aliphatic rings. The Labute approximate surface area is 509 Å². The third-order valence-corrected chi connectivity index (χ3v) is 16.3. The van der Waals surface area contributed by atoms with E-state index in [1.165, 1.54) is 87.7 Å². The van der Waals surface area contributed by atoms with Gasteiger partial charge in [0.2, 0.25) is 65.0 Å². The van der Waals surface area contributed by atoms with Crippen LogP contribution in [0, 0.1) is 41.4 Å². The lowest BCUT2D eigenvalue weighted by atomic mass is 9.90. The topological polar surface area (TPSA) is 279 Å². The Morgan fingerprint density at radius 1 is 0.435 bits per heavy atom. The number of nitrogens with zero attached hydrogens (tertiary/aromatic N) is 7. The number of amides is 11. The number of aliphatic hydroxyl groups excluding tert-OH is 1. The maximum absolute atomic E-state index is 15.1. The van der Waals surface area contributed by atoms with E-state index in [-0.39, 0.29) is 55.8 Å². The predicted molar refractivity (Wildman–Crippen MR) is 329 cm³/mol. The molecule has 488 valence electrons. The molecule has 0 aromatic heterocycles. The standard InChI is InChI=1S/C62H113N11O12/c1-25-27-28-40(15)52(75)51-56(79)65-43(26-2)58(81)67(18)33-48(74)68(19)44(29-34(3)4)55(78)66-49(38(11)12)61(84)69(20)45(30-35(5)6)54(77)63-41(16)53(76)64-42(17)57(80)70(21)46(31-36(7)8)59(82)71(22)47(32-37(9)10)60(83)72(23)50(39(13)14)62(85)73(51)24/h34-47,49-52,75H,25-33H2,1-24H3,(H,63,77)(H,64,76)(H,65,79)(H,66,78)/t40-,41+,42-,43+,44-,45+,46-,47+,49+,50+,51+,52?/m1/s1. The smallest absolute Gasteiger partial charge is 0.246 e. The molecule has 0 aromatic carbocycles. The van der Waals surface area contributed by atoms with Crippen molar-refractivity contribution in [3.8, 4) is 0 Å². The van der Waals surface area contributed by atoms with Crippen molar-refractivity contribution in [3.63, 3.8) is 0 Å². The summed E-state index contributed by atoms with van der Waals surface area (Å²) in [5.41, 5.74) is 0. The minimum atomic E-state index is -1.58. The van der Waals surface area contributed by atoms with E-state index >= 15 is 9.59 Å². The highest BCUT2D eigenvalue weighted by Crippen LogP contribution is 2.26. The lowest BCUT2D eigenvalue weighted by Crippen LogP contribution is -2.63. The molecule has 0 radical (unpaired) electrons. The molecular formula is C62H113N11O12. The van der Waals surface area contributed by atoms with E-state index in [4.69, 9.17) is 0 Å². The summed E-state index contributed by atoms with van der Waals surface area (Å²) in [4.78, 5) is 169. The van der Waals surface area contributed by atoms with Crippen LogP contribution < -0.4 is 21.3 Å². The Hall–Kier alpha value is -5.87. The van der Waals surface area contributed by atoms with Gasteiger partial charge in [-0.1, -0.05) is 117 Å². The molecule has 0 aromatic rings. The Morgan fingerprint density at radius 3 is 1.29 bits per heavy atom. The summed E-state index contributed by atoms with van der Waals surface area (Å²) < 4.78 is 0. The van der Waals surface area contributed by atoms with Crippen molar-refractivity contribution in [2.24, 2.45) is 41.4 Å². The second kappa shape index (κ2) is 35.1. The number of unbranched alkanes of at least 4 members (excludes halogenated alkanes) is 1. The van der Waals surface area contributed by atoms with Crippen LogP contribution in [0.4, 0.5) is 0 Å². The summed E-state index contributed by atoms with van der Waals surface area (Å²) in [7, 11) is 9.97. The van der Waals surface area contributed by atoms with E-state index in [1.807, 2.05) is 62.3 Å². The van der Waals surface area contributed by atoms with Gasteiger partial charge in [0.25, 0.3) is 0 Å². The van der Waals surface area contributed by atoms with Gasteiger partial charge in [-0.2, -0.15) is 0 Å². The first-order valence-electron chi connectivity index (χ1n) is 31.0. The molecule has 1 saturated heterocycles. The average Bonchev–Trinajstić information content (AvgIpc) is 3.62. The summed E-state index contributed by atoms with van der Waals surface area (Å²) in [5.74, 6) is -9.50. The number of carbonyl (C=O) groups is 11. The Bertz CT molecular complexity index is 2280. The quantitative estimate of drug-likeness (QED) is 0.149. The van der Waals surface area contributed by atoms with Crippen LogP contribution in [0.15, 0.2) is 0 Å². The van der Waals surface area contributed by atoms with Crippen molar-refractivity contribution in [1.29, 1.82) is 0 Å². The Morgan fingerprint density at radius 2 is 0.847 bits per heavy atom. The van der Waals surface area contributed by atoms with Gasteiger partial charge in [0.1, 0.15) is 60.4 Å². The van der Waals surface area contributed by atoms with Crippen LogP contribution in [0.3, 0.4) is 0 Å². The number of nitrogens with one attached hydrogen (secondary N) is 4. The zero-order valence-electron chi connectivity index (χ0n) is 56.3. The van der Waals surface area contributed by atoms with E-state index in [9.17, 15) is 48.3 Å². The van der Waals surface area contributed by atoms with Crippen LogP contribution in [-0.2, 0) is 52.7 Å². The van der Waals surface area contributed by atoms with Gasteiger partial charge in [-0.3, -0.25) is 52.7 Å². The highest BCUT2D eigenvalue weighted by molar-refractivity contribution is 5.99. The molecule has 5 N–H and O–H groups in total. The first-order chi connectivity index (χ1) is 39.2. The van der Waals surface area contributed by atoms with Gasteiger partial charge in [-0.15, -0.1) is 0 Å². The van der Waals surface area contributed by atoms with E-state index in [0.717, 1.165) is 16.2 Å². The summed E-state index contributed by atoms with van der Waals surface area (Å²) in [6.45, 7) is 29.6. The van der Waals surface area contributed by atoms with E-state index in [0.29, 0.717) is 12.8 Å². The predicted octanol–water partition coefficient (Wildman–Crippen LogP) is 3.49. The summed E-state index contributed by atoms with van der Waals surface area (Å²) in [6, 6.07) is -12.2. The summed E-state index contributed by atoms with van der Waals surface area (Å²) in [6.07, 6.45) is 1.20. The molecule has 1 heterocycles. The SMILES string of the molecule is CCCC[C@@H](C)C(O)[C@H]1C(=O)N[C@@H](CC)C(=O)N(C)CC(=O)N(C)[C@H](CC(C)C)C(=O)N[C@@H](C(C)C)C(=O)N(C)[C@@H](CC(C)C)C(=O)N[C@@H](C)C(=O)N[C@H](C)C(=O)N(C)[C@H](CC(C)C)C(=O)N(C)[C@@H](CC(C)C)C(=O)N(C)[C@@H](C(C)C)C(=O)N1C. The van der Waals surface area contributed by atoms with Crippen LogP contribution in [0.1, 0.15) is 169 Å². The molecule has 23 heteroatoms. The fourth-order valence-corrected chi connectivity index (χ4v) is 10.9. The highest BCUT2D eigenvalue weighted by atomic mass is 16.3. The third-order valence-electron chi connectivity index (χ3n) is 16.3. The van der Waals surface area contributed by atoms with Crippen molar-refractivity contribution in [2.45, 2.75) is 236 Å². The molecule has 12 atom stereocenters. The third kappa shape index (κ3) is 21.8. The van der Waals surface area contributed by atoms with Gasteiger partial charge in [-0.05, 0) is 93.8 Å². The van der Waals surface area contributed by atoms with Crippen LogP contribution in [0.2, 0.25) is 0 Å². The highest BCUT2D eigenvalue weighted by Gasteiger charge is 2.46. The fraction of sp³-hybridized carbons (Fsp3) is 0.823. The van der Waals surface area contributed by atoms with Crippen LogP contribution in [0.5, 0.6) is 0 Å². The molecular weight excluding hydrogens is 1090 g/mol. The van der Waals surface area contributed by atoms with Crippen molar-refractivity contribution in [3.05, 3.63) is 0 Å². The first-order valence-corrected chi connectivity index (χ1v) is 31.0. The monoisotopic (exact) mass is 1200 g/mol. The molecule has 0 aliphatic carbocycles. The Kier molecular flexibility index (Phi) is 31.8. The number of rotatable bonds is 16. The van der Waals surface area contributed by atoms with Gasteiger partial charge in [0, 0.05) is 49.3 Å². The van der Waals surface area contributed by atoms with Crippen LogP contribution in [0.25, 0.3) is 0 Å². The molecule has 1 fully saturated rings. The van der Waals surface area contributed by atoms with Gasteiger partial charge >= 0.3 is 0 Å². The van der Waals surface area contributed by atoms with Crippen LogP contribution in [-0.4, -0.2) is 227 Å². The molecule has 23 nitrogen and oxygen atoms in total. The zero-order chi connectivity index (χ0) is 66.0. The van der Waals surface area contributed by atoms with E-state index in [2.05, 4.69) is 21.3 Å². The van der Waals surface area contributed by atoms with Gasteiger partial charge in [0.05, 0.1) is 12.6 Å². The van der Waals surface area contributed by atoms with Gasteiger partial charge < -0.3 is 60.7 Å². The minimum Gasteiger partial charge on any atom is -0.390 e. The Balaban J connectivity index is 4.31. The second-order valence-corrected chi connectivity index (χ2v) is 26.4. The average molecular weight is 1200 g/mol. The molecule has 11 amide bonds. The molecule has 0 saturated carbocycles. The van der Waals surface area contributed by atoms with Gasteiger partial charge in [0.15, 0.2) is 0 Å². The minimum absolute atomic E-state index is 0.0340. The lowest BCUT2D eigenvalue weighted by molar-refractivity contribution is -0.157. The zero-order valence-corrected chi connectivity index (χ0v) is 56.3. The lowest BCUT2D eigenvalue weighted by Gasteiger charge is -2.41. The number of aliphatic hydroxyl groups is 1. The second-order valence-electron chi connectivity index (χ2n) is 26.4. The maximum atomic E-state index is 15.1. The molecule has 1 unspecified atom stereocenters. The number of hydrogen-bond donors (Lipinski definition) is 5. The molecule has 0 spiro atoms. The van der Waals surface area contributed by atoms with Crippen molar-refractivity contribution in [1.82, 2.24) is 55.6 Å². The van der Waals surface area contributed by atoms with E-state index < -0.39 is 156 Å². The normalized spacial score (nSPS) is 26.8. The fourth-order valence-electron chi connectivity index (χ4n) is 10.9. The van der Waals surface area contributed by atoms with Crippen molar-refractivity contribution < 1.29 is 57.8 Å².